The first-order valence-corrected chi connectivity index (χ1v) is 5.65. The number of rotatable bonds is 4. The summed E-state index contributed by atoms with van der Waals surface area (Å²) in [5.41, 5.74) is 0.806. The Morgan fingerprint density at radius 3 is 2.35 bits per heavy atom. The van der Waals surface area contributed by atoms with E-state index in [0.29, 0.717) is 24.3 Å². The van der Waals surface area contributed by atoms with Crippen LogP contribution in [0.15, 0.2) is 36.4 Å². The van der Waals surface area contributed by atoms with Crippen LogP contribution in [0.3, 0.4) is 0 Å². The first-order chi connectivity index (χ1) is 7.82. The molecule has 0 fully saturated rings. The smallest absolute Gasteiger partial charge is 0.166 e. The summed E-state index contributed by atoms with van der Waals surface area (Å²) in [6.07, 6.45) is -3.27. The first-order valence-electron chi connectivity index (χ1n) is 5.65. The van der Waals surface area contributed by atoms with Crippen LogP contribution in [0.4, 0.5) is 13.2 Å². The van der Waals surface area contributed by atoms with Gasteiger partial charge in [0, 0.05) is 0 Å². The van der Waals surface area contributed by atoms with Gasteiger partial charge in [0.1, 0.15) is 0 Å². The van der Waals surface area contributed by atoms with Gasteiger partial charge in [-0.2, -0.15) is 13.2 Å². The van der Waals surface area contributed by atoms with Crippen LogP contribution < -0.4 is 0 Å². The van der Waals surface area contributed by atoms with Gasteiger partial charge in [-0.05, 0) is 30.4 Å². The summed E-state index contributed by atoms with van der Waals surface area (Å²) in [4.78, 5) is 0. The van der Waals surface area contributed by atoms with Crippen molar-refractivity contribution in [2.45, 2.75) is 32.9 Å². The maximum atomic E-state index is 12.7. The monoisotopic (exact) mass is 242 g/mol. The molecule has 0 unspecified atom stereocenters. The molecular formula is C14H17F3. The molecule has 3 heteroatoms. The molecule has 0 aromatic heterocycles. The summed E-state index contributed by atoms with van der Waals surface area (Å²) in [5, 5.41) is 0. The number of hydrogen-bond donors (Lipinski definition) is 0. The normalized spacial score (nSPS) is 11.9. The largest absolute Gasteiger partial charge is 0.416 e. The first kappa shape index (κ1) is 13.8. The Labute approximate surface area is 100 Å². The quantitative estimate of drug-likeness (QED) is 0.662. The number of halogens is 3. The summed E-state index contributed by atoms with van der Waals surface area (Å²) < 4.78 is 38.1. The molecule has 0 saturated heterocycles. The zero-order chi connectivity index (χ0) is 13.1. The maximum Gasteiger partial charge on any atom is 0.416 e. The van der Waals surface area contributed by atoms with Crippen molar-refractivity contribution in [1.82, 2.24) is 0 Å². The van der Waals surface area contributed by atoms with Gasteiger partial charge in [-0.1, -0.05) is 44.2 Å². The Hall–Kier alpha value is -1.25. The summed E-state index contributed by atoms with van der Waals surface area (Å²) in [7, 11) is 0. The Bertz CT molecular complexity index is 389. The van der Waals surface area contributed by atoms with Crippen molar-refractivity contribution in [2.75, 3.05) is 0 Å². The molecule has 0 aliphatic carbocycles. The summed E-state index contributed by atoms with van der Waals surface area (Å²) in [6.45, 7) is 7.88. The minimum atomic E-state index is -4.27. The van der Waals surface area contributed by atoms with Crippen molar-refractivity contribution in [3.05, 3.63) is 47.5 Å². The minimum Gasteiger partial charge on any atom is -0.166 e. The van der Waals surface area contributed by atoms with Crippen molar-refractivity contribution >= 4 is 0 Å². The highest BCUT2D eigenvalue weighted by Gasteiger charge is 2.32. The lowest BCUT2D eigenvalue weighted by atomic mass is 9.95. The number of benzene rings is 1. The van der Waals surface area contributed by atoms with E-state index in [1.165, 1.54) is 12.1 Å². The number of allylic oxidation sites excluding steroid dienone is 1. The van der Waals surface area contributed by atoms with Crippen molar-refractivity contribution in [1.29, 1.82) is 0 Å². The molecule has 0 spiro atoms. The second kappa shape index (κ2) is 5.39. The van der Waals surface area contributed by atoms with Gasteiger partial charge < -0.3 is 0 Å². The van der Waals surface area contributed by atoms with Crippen LogP contribution in [-0.2, 0) is 12.6 Å². The second-order valence-corrected chi connectivity index (χ2v) is 4.47. The summed E-state index contributed by atoms with van der Waals surface area (Å²) in [5.74, 6) is 0.313. The molecule has 0 nitrogen and oxygen atoms in total. The van der Waals surface area contributed by atoms with Crippen LogP contribution >= 0.6 is 0 Å². The van der Waals surface area contributed by atoms with E-state index < -0.39 is 11.7 Å². The lowest BCUT2D eigenvalue weighted by molar-refractivity contribution is -0.138. The van der Waals surface area contributed by atoms with Crippen molar-refractivity contribution < 1.29 is 13.2 Å². The maximum absolute atomic E-state index is 12.7. The third-order valence-corrected chi connectivity index (χ3v) is 2.85. The van der Waals surface area contributed by atoms with Crippen molar-refractivity contribution in [3.8, 4) is 0 Å². The molecule has 1 aromatic rings. The zero-order valence-corrected chi connectivity index (χ0v) is 10.1. The van der Waals surface area contributed by atoms with E-state index in [1.807, 2.05) is 13.8 Å². The van der Waals surface area contributed by atoms with Crippen LogP contribution in [0.1, 0.15) is 31.4 Å². The van der Waals surface area contributed by atoms with E-state index in [4.69, 9.17) is 0 Å². The fourth-order valence-corrected chi connectivity index (χ4v) is 1.60. The van der Waals surface area contributed by atoms with E-state index in [-0.39, 0.29) is 0 Å². The molecule has 1 aromatic carbocycles. The Balaban J connectivity index is 2.82. The van der Waals surface area contributed by atoms with Crippen LogP contribution in [0.5, 0.6) is 0 Å². The van der Waals surface area contributed by atoms with Gasteiger partial charge >= 0.3 is 6.18 Å². The zero-order valence-electron chi connectivity index (χ0n) is 10.1. The lowest BCUT2D eigenvalue weighted by Crippen LogP contribution is -2.09. The molecule has 0 N–H and O–H groups in total. The SMILES string of the molecule is C=C(CCc1ccccc1C(F)(F)F)C(C)C. The van der Waals surface area contributed by atoms with Crippen LogP contribution in [0.25, 0.3) is 0 Å². The molecule has 0 amide bonds. The molecule has 0 radical (unpaired) electrons. The molecule has 17 heavy (non-hydrogen) atoms. The molecule has 94 valence electrons. The van der Waals surface area contributed by atoms with Gasteiger partial charge in [-0.3, -0.25) is 0 Å². The summed E-state index contributed by atoms with van der Waals surface area (Å²) in [6, 6.07) is 5.73. The molecule has 1 rings (SSSR count). The van der Waals surface area contributed by atoms with Crippen molar-refractivity contribution in [2.24, 2.45) is 5.92 Å². The number of hydrogen-bond acceptors (Lipinski definition) is 0. The van der Waals surface area contributed by atoms with E-state index in [2.05, 4.69) is 6.58 Å². The molecule has 0 atom stereocenters. The third kappa shape index (κ3) is 3.91. The number of alkyl halides is 3. The Kier molecular flexibility index (Phi) is 4.38. The molecule has 0 bridgehead atoms. The van der Waals surface area contributed by atoms with Crippen molar-refractivity contribution in [3.63, 3.8) is 0 Å². The van der Waals surface area contributed by atoms with E-state index in [0.717, 1.165) is 11.6 Å². The highest BCUT2D eigenvalue weighted by atomic mass is 19.4. The average molecular weight is 242 g/mol. The minimum absolute atomic E-state index is 0.313. The molecule has 0 aliphatic heterocycles. The standard InChI is InChI=1S/C14H17F3/c1-10(2)11(3)8-9-12-6-4-5-7-13(12)14(15,16)17/h4-7,10H,3,8-9H2,1-2H3. The van der Waals surface area contributed by atoms with E-state index in [1.54, 1.807) is 6.07 Å². The van der Waals surface area contributed by atoms with Crippen LogP contribution in [0, 0.1) is 5.92 Å². The second-order valence-electron chi connectivity index (χ2n) is 4.47. The van der Waals surface area contributed by atoms with E-state index >= 15 is 0 Å². The van der Waals surface area contributed by atoms with Gasteiger partial charge in [0.25, 0.3) is 0 Å². The molecule has 0 heterocycles. The van der Waals surface area contributed by atoms with Gasteiger partial charge in [0.2, 0.25) is 0 Å². The average Bonchev–Trinajstić information content (AvgIpc) is 2.24. The highest BCUT2D eigenvalue weighted by molar-refractivity contribution is 5.30. The fourth-order valence-electron chi connectivity index (χ4n) is 1.60. The molecule has 0 saturated carbocycles. The Morgan fingerprint density at radius 2 is 1.82 bits per heavy atom. The molecular weight excluding hydrogens is 225 g/mol. The Morgan fingerprint density at radius 1 is 1.24 bits per heavy atom. The third-order valence-electron chi connectivity index (χ3n) is 2.85. The fraction of sp³-hybridized carbons (Fsp3) is 0.429. The van der Waals surface area contributed by atoms with E-state index in [9.17, 15) is 13.2 Å². The van der Waals surface area contributed by atoms with Gasteiger partial charge in [0.05, 0.1) is 5.56 Å². The van der Waals surface area contributed by atoms with Gasteiger partial charge in [-0.15, -0.1) is 0 Å². The topological polar surface area (TPSA) is 0 Å². The predicted molar refractivity (Wildman–Crippen MR) is 63.7 cm³/mol. The summed E-state index contributed by atoms with van der Waals surface area (Å²) >= 11 is 0. The predicted octanol–water partition coefficient (Wildman–Crippen LogP) is 4.85. The number of aryl methyl sites for hydroxylation is 1. The lowest BCUT2D eigenvalue weighted by Gasteiger charge is -2.14. The molecule has 0 aliphatic rings. The van der Waals surface area contributed by atoms with Crippen LogP contribution in [0.2, 0.25) is 0 Å². The van der Waals surface area contributed by atoms with Crippen LogP contribution in [-0.4, -0.2) is 0 Å². The van der Waals surface area contributed by atoms with Gasteiger partial charge in [-0.25, -0.2) is 0 Å². The highest BCUT2D eigenvalue weighted by Crippen LogP contribution is 2.32. The van der Waals surface area contributed by atoms with Gasteiger partial charge in [0.15, 0.2) is 0 Å².